The maximum atomic E-state index is 12.6. The average Bonchev–Trinajstić information content (AvgIpc) is 2.60. The Hall–Kier alpha value is -2.41. The van der Waals surface area contributed by atoms with Gasteiger partial charge in [0.1, 0.15) is 0 Å². The molecule has 1 atom stereocenters. The minimum atomic E-state index is -0.374. The van der Waals surface area contributed by atoms with Crippen molar-refractivity contribution in [3.8, 4) is 0 Å². The van der Waals surface area contributed by atoms with E-state index in [9.17, 15) is 14.4 Å². The highest BCUT2D eigenvalue weighted by Crippen LogP contribution is 2.21. The minimum absolute atomic E-state index is 0.0319. The van der Waals surface area contributed by atoms with Crippen molar-refractivity contribution >= 4 is 23.4 Å². The molecule has 136 valence electrons. The maximum Gasteiger partial charge on any atom is 0.231 e. The van der Waals surface area contributed by atoms with E-state index in [1.165, 1.54) is 0 Å². The fourth-order valence-electron chi connectivity index (χ4n) is 3.10. The molecular weight excluding hydrogens is 320 g/mol. The lowest BCUT2D eigenvalue weighted by molar-refractivity contribution is -0.124. The largest absolute Gasteiger partial charge is 0.369 e. The predicted octanol–water partition coefficient (Wildman–Crippen LogP) is 0.501. The van der Waals surface area contributed by atoms with E-state index in [0.717, 1.165) is 30.6 Å². The van der Waals surface area contributed by atoms with Crippen LogP contribution in [0.2, 0.25) is 0 Å². The number of nitrogens with two attached hydrogens (primary N) is 1. The third-order valence-corrected chi connectivity index (χ3v) is 4.43. The molecule has 1 saturated heterocycles. The number of nitrogens with zero attached hydrogens (tertiary/aromatic N) is 1. The van der Waals surface area contributed by atoms with Crippen LogP contribution in [0.15, 0.2) is 24.3 Å². The lowest BCUT2D eigenvalue weighted by Crippen LogP contribution is -2.44. The molecule has 0 saturated carbocycles. The van der Waals surface area contributed by atoms with Crippen molar-refractivity contribution in [2.75, 3.05) is 32.0 Å². The molecule has 0 spiro atoms. The zero-order valence-electron chi connectivity index (χ0n) is 14.6. The van der Waals surface area contributed by atoms with E-state index in [1.807, 2.05) is 29.2 Å². The molecule has 4 N–H and O–H groups in total. The van der Waals surface area contributed by atoms with Gasteiger partial charge < -0.3 is 16.4 Å². The Labute approximate surface area is 147 Å². The molecule has 1 aromatic rings. The number of benzene rings is 1. The van der Waals surface area contributed by atoms with Gasteiger partial charge in [0.15, 0.2) is 0 Å². The molecule has 7 nitrogen and oxygen atoms in total. The Bertz CT molecular complexity index is 633. The zero-order chi connectivity index (χ0) is 18.2. The number of likely N-dealkylation sites (tertiary alicyclic amines) is 1. The smallest absolute Gasteiger partial charge is 0.231 e. The third kappa shape index (κ3) is 5.86. The molecular formula is C18H26N4O3. The van der Waals surface area contributed by atoms with E-state index in [2.05, 4.69) is 10.6 Å². The third-order valence-electron chi connectivity index (χ3n) is 4.43. The number of amides is 3. The first-order valence-electron chi connectivity index (χ1n) is 8.59. The molecule has 1 aromatic carbocycles. The first-order valence-corrected chi connectivity index (χ1v) is 8.59. The Morgan fingerprint density at radius 3 is 2.76 bits per heavy atom. The molecule has 1 aliphatic heterocycles. The molecule has 2 rings (SSSR count). The van der Waals surface area contributed by atoms with Crippen molar-refractivity contribution in [1.29, 1.82) is 0 Å². The van der Waals surface area contributed by atoms with E-state index in [-0.39, 0.29) is 30.2 Å². The van der Waals surface area contributed by atoms with Crippen LogP contribution in [0.3, 0.4) is 0 Å². The molecule has 0 bridgehead atoms. The van der Waals surface area contributed by atoms with Gasteiger partial charge in [-0.2, -0.15) is 0 Å². The van der Waals surface area contributed by atoms with Gasteiger partial charge in [-0.3, -0.25) is 19.3 Å². The Kier molecular flexibility index (Phi) is 6.94. The standard InChI is InChI=1S/C18H26N4O3/c1-20-17(24)9-8-13-5-2-3-7-15(13)21-18(25)14-6-4-10-22(11-14)12-16(19)23/h2-3,5,7,14H,4,6,8-12H2,1H3,(H2,19,23)(H,20,24)(H,21,25). The highest BCUT2D eigenvalue weighted by Gasteiger charge is 2.26. The number of carbonyl (C=O) groups excluding carboxylic acids is 3. The van der Waals surface area contributed by atoms with Crippen molar-refractivity contribution < 1.29 is 14.4 Å². The molecule has 1 fully saturated rings. The zero-order valence-corrected chi connectivity index (χ0v) is 14.6. The van der Waals surface area contributed by atoms with Gasteiger partial charge >= 0.3 is 0 Å². The van der Waals surface area contributed by atoms with Crippen LogP contribution in [-0.2, 0) is 20.8 Å². The second kappa shape index (κ2) is 9.17. The number of aryl methyl sites for hydroxylation is 1. The van der Waals surface area contributed by atoms with Crippen molar-refractivity contribution in [3.05, 3.63) is 29.8 Å². The van der Waals surface area contributed by atoms with E-state index in [0.29, 0.717) is 19.4 Å². The van der Waals surface area contributed by atoms with Crippen molar-refractivity contribution in [2.24, 2.45) is 11.7 Å². The summed E-state index contributed by atoms with van der Waals surface area (Å²) in [6.07, 6.45) is 2.60. The first kappa shape index (κ1) is 18.9. The number of anilines is 1. The first-order chi connectivity index (χ1) is 12.0. The monoisotopic (exact) mass is 346 g/mol. The molecule has 1 unspecified atom stereocenters. The van der Waals surface area contributed by atoms with Crippen molar-refractivity contribution in [3.63, 3.8) is 0 Å². The second-order valence-electron chi connectivity index (χ2n) is 6.36. The summed E-state index contributed by atoms with van der Waals surface area (Å²) in [5.41, 5.74) is 6.92. The van der Waals surface area contributed by atoms with Gasteiger partial charge in [0.05, 0.1) is 12.5 Å². The fraction of sp³-hybridized carbons (Fsp3) is 0.500. The van der Waals surface area contributed by atoms with Crippen molar-refractivity contribution in [2.45, 2.75) is 25.7 Å². The van der Waals surface area contributed by atoms with E-state index >= 15 is 0 Å². The molecule has 0 aromatic heterocycles. The normalized spacial score (nSPS) is 17.7. The van der Waals surface area contributed by atoms with Crippen molar-refractivity contribution in [1.82, 2.24) is 10.2 Å². The number of primary amides is 1. The number of carbonyl (C=O) groups is 3. The molecule has 0 aliphatic carbocycles. The van der Waals surface area contributed by atoms with Crippen LogP contribution in [-0.4, -0.2) is 49.3 Å². The fourth-order valence-corrected chi connectivity index (χ4v) is 3.10. The highest BCUT2D eigenvalue weighted by atomic mass is 16.2. The molecule has 25 heavy (non-hydrogen) atoms. The minimum Gasteiger partial charge on any atom is -0.369 e. The molecule has 3 amide bonds. The number of para-hydroxylation sites is 1. The summed E-state index contributed by atoms with van der Waals surface area (Å²) in [6.45, 7) is 1.51. The second-order valence-corrected chi connectivity index (χ2v) is 6.36. The summed E-state index contributed by atoms with van der Waals surface area (Å²) in [4.78, 5) is 37.1. The van der Waals surface area contributed by atoms with Crippen LogP contribution in [0.4, 0.5) is 5.69 Å². The van der Waals surface area contributed by atoms with Crippen LogP contribution in [0.1, 0.15) is 24.8 Å². The highest BCUT2D eigenvalue weighted by molar-refractivity contribution is 5.93. The summed E-state index contributed by atoms with van der Waals surface area (Å²) < 4.78 is 0. The topological polar surface area (TPSA) is 105 Å². The van der Waals surface area contributed by atoms with Crippen LogP contribution >= 0.6 is 0 Å². The number of piperidine rings is 1. The van der Waals surface area contributed by atoms with Gasteiger partial charge in [-0.05, 0) is 37.4 Å². The molecule has 7 heteroatoms. The Morgan fingerprint density at radius 1 is 1.28 bits per heavy atom. The summed E-state index contributed by atoms with van der Waals surface area (Å²) in [5.74, 6) is -0.627. The Morgan fingerprint density at radius 2 is 2.04 bits per heavy atom. The summed E-state index contributed by atoms with van der Waals surface area (Å²) in [7, 11) is 1.61. The summed E-state index contributed by atoms with van der Waals surface area (Å²) in [6, 6.07) is 7.52. The van der Waals surface area contributed by atoms with E-state index in [4.69, 9.17) is 5.73 Å². The van der Waals surface area contributed by atoms with Crippen LogP contribution in [0, 0.1) is 5.92 Å². The number of rotatable bonds is 7. The van der Waals surface area contributed by atoms with Gasteiger partial charge in [0, 0.05) is 25.7 Å². The molecule has 0 radical (unpaired) electrons. The van der Waals surface area contributed by atoms with Gasteiger partial charge in [-0.25, -0.2) is 0 Å². The number of hydrogen-bond acceptors (Lipinski definition) is 4. The SMILES string of the molecule is CNC(=O)CCc1ccccc1NC(=O)C1CCCN(CC(N)=O)C1. The predicted molar refractivity (Wildman–Crippen MR) is 95.8 cm³/mol. The summed E-state index contributed by atoms with van der Waals surface area (Å²) >= 11 is 0. The van der Waals surface area contributed by atoms with Gasteiger partial charge in [-0.15, -0.1) is 0 Å². The van der Waals surface area contributed by atoms with Gasteiger partial charge in [-0.1, -0.05) is 18.2 Å². The molecule has 1 heterocycles. The quantitative estimate of drug-likeness (QED) is 0.669. The lowest BCUT2D eigenvalue weighted by atomic mass is 9.96. The van der Waals surface area contributed by atoms with E-state index in [1.54, 1.807) is 7.05 Å². The van der Waals surface area contributed by atoms with Crippen LogP contribution < -0.4 is 16.4 Å². The number of nitrogens with one attached hydrogen (secondary N) is 2. The lowest BCUT2D eigenvalue weighted by Gasteiger charge is -2.31. The molecule has 1 aliphatic rings. The van der Waals surface area contributed by atoms with Gasteiger partial charge in [0.25, 0.3) is 0 Å². The van der Waals surface area contributed by atoms with Crippen LogP contribution in [0.5, 0.6) is 0 Å². The summed E-state index contributed by atoms with van der Waals surface area (Å²) in [5, 5.41) is 5.58. The van der Waals surface area contributed by atoms with Gasteiger partial charge in [0.2, 0.25) is 17.7 Å². The number of hydrogen-bond donors (Lipinski definition) is 3. The van der Waals surface area contributed by atoms with E-state index < -0.39 is 0 Å². The Balaban J connectivity index is 1.97. The average molecular weight is 346 g/mol. The maximum absolute atomic E-state index is 12.6. The van der Waals surface area contributed by atoms with Crippen LogP contribution in [0.25, 0.3) is 0 Å².